The molecule has 3 rings (SSSR count). The summed E-state index contributed by atoms with van der Waals surface area (Å²) in [6.45, 7) is 1.16. The fraction of sp³-hybridized carbons (Fsp3) is 0.316. The van der Waals surface area contributed by atoms with Crippen LogP contribution < -0.4 is 0 Å². The van der Waals surface area contributed by atoms with Gasteiger partial charge < -0.3 is 9.47 Å². The Hall–Kier alpha value is -1.97. The molecule has 1 aliphatic rings. The van der Waals surface area contributed by atoms with Crippen molar-refractivity contribution in [2.75, 3.05) is 6.61 Å². The lowest BCUT2D eigenvalue weighted by Gasteiger charge is -2.23. The average Bonchev–Trinajstić information content (AvgIpc) is 2.61. The van der Waals surface area contributed by atoms with Crippen LogP contribution in [0.25, 0.3) is 11.1 Å². The fourth-order valence-corrected chi connectivity index (χ4v) is 2.77. The molecule has 2 aromatic carbocycles. The topological polar surface area (TPSA) is 35.5 Å². The quantitative estimate of drug-likeness (QED) is 0.775. The second-order valence-corrected chi connectivity index (χ2v) is 5.47. The van der Waals surface area contributed by atoms with Crippen LogP contribution in [0, 0.1) is 0 Å². The number of aldehydes is 1. The summed E-state index contributed by atoms with van der Waals surface area (Å²) in [4.78, 5) is 11.6. The van der Waals surface area contributed by atoms with Crippen LogP contribution >= 0.6 is 0 Å². The number of hydrogen-bond acceptors (Lipinski definition) is 3. The van der Waals surface area contributed by atoms with Crippen LogP contribution in [0.2, 0.25) is 0 Å². The molecule has 1 aliphatic heterocycles. The first-order chi connectivity index (χ1) is 10.9. The average molecular weight is 296 g/mol. The predicted molar refractivity (Wildman–Crippen MR) is 85.6 cm³/mol. The van der Waals surface area contributed by atoms with Crippen molar-refractivity contribution in [2.24, 2.45) is 0 Å². The molecule has 0 bridgehead atoms. The van der Waals surface area contributed by atoms with Gasteiger partial charge in [0.2, 0.25) is 0 Å². The van der Waals surface area contributed by atoms with Crippen LogP contribution in [0.5, 0.6) is 0 Å². The van der Waals surface area contributed by atoms with Gasteiger partial charge >= 0.3 is 0 Å². The zero-order valence-corrected chi connectivity index (χ0v) is 12.5. The summed E-state index contributed by atoms with van der Waals surface area (Å²) in [6, 6.07) is 15.8. The number of rotatable bonds is 5. The van der Waals surface area contributed by atoms with E-state index in [-0.39, 0.29) is 6.29 Å². The lowest BCUT2D eigenvalue weighted by Crippen LogP contribution is -2.22. The van der Waals surface area contributed by atoms with E-state index in [1.807, 2.05) is 48.5 Å². The van der Waals surface area contributed by atoms with E-state index in [0.29, 0.717) is 12.2 Å². The minimum absolute atomic E-state index is 0.145. The largest absolute Gasteiger partial charge is 0.353 e. The van der Waals surface area contributed by atoms with Gasteiger partial charge in [0.25, 0.3) is 0 Å². The minimum atomic E-state index is -0.145. The lowest BCUT2D eigenvalue weighted by atomic mass is 9.96. The zero-order valence-electron chi connectivity index (χ0n) is 12.5. The van der Waals surface area contributed by atoms with E-state index >= 15 is 0 Å². The molecule has 1 saturated heterocycles. The van der Waals surface area contributed by atoms with E-state index in [2.05, 4.69) is 0 Å². The third kappa shape index (κ3) is 3.43. The van der Waals surface area contributed by atoms with Gasteiger partial charge in [-0.05, 0) is 36.0 Å². The molecule has 1 atom stereocenters. The highest BCUT2D eigenvalue weighted by molar-refractivity contribution is 5.89. The first-order valence-corrected chi connectivity index (χ1v) is 7.74. The molecule has 1 fully saturated rings. The maximum Gasteiger partial charge on any atom is 0.158 e. The molecule has 0 N–H and O–H groups in total. The predicted octanol–water partition coefficient (Wildman–Crippen LogP) is 4.21. The molecule has 0 aliphatic carbocycles. The standard InChI is InChI=1S/C19H20O3/c20-13-18-16(14-22-19-11-4-5-12-21-19)9-6-10-17(18)15-7-2-1-3-8-15/h1-3,6-10,13,19H,4-5,11-12,14H2. The van der Waals surface area contributed by atoms with E-state index in [1.54, 1.807) is 0 Å². The Balaban J connectivity index is 1.80. The molecule has 1 unspecified atom stereocenters. The van der Waals surface area contributed by atoms with Crippen LogP contribution in [-0.2, 0) is 16.1 Å². The van der Waals surface area contributed by atoms with Crippen molar-refractivity contribution >= 4 is 6.29 Å². The van der Waals surface area contributed by atoms with Gasteiger partial charge in [-0.25, -0.2) is 0 Å². The van der Waals surface area contributed by atoms with Crippen LogP contribution in [-0.4, -0.2) is 19.2 Å². The minimum Gasteiger partial charge on any atom is -0.353 e. The molecule has 0 saturated carbocycles. The summed E-state index contributed by atoms with van der Waals surface area (Å²) in [7, 11) is 0. The lowest BCUT2D eigenvalue weighted by molar-refractivity contribution is -0.168. The Morgan fingerprint density at radius 3 is 2.68 bits per heavy atom. The SMILES string of the molecule is O=Cc1c(COC2CCCCO2)cccc1-c1ccccc1. The Kier molecular flexibility index (Phi) is 4.99. The molecule has 1 heterocycles. The van der Waals surface area contributed by atoms with E-state index in [9.17, 15) is 4.79 Å². The van der Waals surface area contributed by atoms with Gasteiger partial charge in [0.1, 0.15) is 0 Å². The van der Waals surface area contributed by atoms with Crippen molar-refractivity contribution in [3.63, 3.8) is 0 Å². The second-order valence-electron chi connectivity index (χ2n) is 5.47. The number of carbonyl (C=O) groups is 1. The first-order valence-electron chi connectivity index (χ1n) is 7.74. The number of hydrogen-bond donors (Lipinski definition) is 0. The second kappa shape index (κ2) is 7.34. The molecule has 2 aromatic rings. The number of benzene rings is 2. The zero-order chi connectivity index (χ0) is 15.2. The smallest absolute Gasteiger partial charge is 0.158 e. The molecule has 0 amide bonds. The summed E-state index contributed by atoms with van der Waals surface area (Å²) >= 11 is 0. The highest BCUT2D eigenvalue weighted by atomic mass is 16.7. The third-order valence-corrected chi connectivity index (χ3v) is 3.96. The summed E-state index contributed by atoms with van der Waals surface area (Å²) in [5.41, 5.74) is 3.59. The molecule has 0 aromatic heterocycles. The first kappa shape index (κ1) is 14.9. The highest BCUT2D eigenvalue weighted by Crippen LogP contribution is 2.26. The van der Waals surface area contributed by atoms with Gasteiger partial charge in [0.15, 0.2) is 12.6 Å². The summed E-state index contributed by atoms with van der Waals surface area (Å²) < 4.78 is 11.4. The Bertz CT molecular complexity index is 616. The third-order valence-electron chi connectivity index (χ3n) is 3.96. The van der Waals surface area contributed by atoms with Gasteiger partial charge in [0, 0.05) is 12.2 Å². The Morgan fingerprint density at radius 2 is 1.95 bits per heavy atom. The van der Waals surface area contributed by atoms with Crippen molar-refractivity contribution in [3.8, 4) is 11.1 Å². The molecule has 0 spiro atoms. The molecule has 22 heavy (non-hydrogen) atoms. The molecule has 3 heteroatoms. The fourth-order valence-electron chi connectivity index (χ4n) is 2.77. The van der Waals surface area contributed by atoms with Crippen LogP contribution in [0.1, 0.15) is 35.2 Å². The van der Waals surface area contributed by atoms with Gasteiger partial charge in [-0.3, -0.25) is 4.79 Å². The van der Waals surface area contributed by atoms with Crippen LogP contribution in [0.4, 0.5) is 0 Å². The maximum absolute atomic E-state index is 11.6. The number of ether oxygens (including phenoxy) is 2. The van der Waals surface area contributed by atoms with Crippen molar-refractivity contribution in [3.05, 3.63) is 59.7 Å². The summed E-state index contributed by atoms with van der Waals surface area (Å²) in [5, 5.41) is 0. The van der Waals surface area contributed by atoms with E-state index < -0.39 is 0 Å². The van der Waals surface area contributed by atoms with Gasteiger partial charge in [-0.2, -0.15) is 0 Å². The molecule has 114 valence electrons. The molecule has 0 radical (unpaired) electrons. The Labute approximate surface area is 130 Å². The normalized spacial score (nSPS) is 18.1. The highest BCUT2D eigenvalue weighted by Gasteiger charge is 2.16. The van der Waals surface area contributed by atoms with Crippen molar-refractivity contribution < 1.29 is 14.3 Å². The summed E-state index contributed by atoms with van der Waals surface area (Å²) in [6.07, 6.45) is 3.93. The molecule has 3 nitrogen and oxygen atoms in total. The van der Waals surface area contributed by atoms with E-state index in [0.717, 1.165) is 48.8 Å². The monoisotopic (exact) mass is 296 g/mol. The van der Waals surface area contributed by atoms with Crippen LogP contribution in [0.15, 0.2) is 48.5 Å². The van der Waals surface area contributed by atoms with E-state index in [1.165, 1.54) is 0 Å². The molecular weight excluding hydrogens is 276 g/mol. The Morgan fingerprint density at radius 1 is 1.09 bits per heavy atom. The molecular formula is C19H20O3. The van der Waals surface area contributed by atoms with Gasteiger partial charge in [-0.1, -0.05) is 48.5 Å². The van der Waals surface area contributed by atoms with Crippen LogP contribution in [0.3, 0.4) is 0 Å². The number of carbonyl (C=O) groups excluding carboxylic acids is 1. The maximum atomic E-state index is 11.6. The van der Waals surface area contributed by atoms with Crippen molar-refractivity contribution in [1.82, 2.24) is 0 Å². The van der Waals surface area contributed by atoms with Crippen molar-refractivity contribution in [1.29, 1.82) is 0 Å². The van der Waals surface area contributed by atoms with Gasteiger partial charge in [-0.15, -0.1) is 0 Å². The van der Waals surface area contributed by atoms with E-state index in [4.69, 9.17) is 9.47 Å². The van der Waals surface area contributed by atoms with Crippen molar-refractivity contribution in [2.45, 2.75) is 32.2 Å². The van der Waals surface area contributed by atoms with Gasteiger partial charge in [0.05, 0.1) is 6.61 Å². The summed E-state index contributed by atoms with van der Waals surface area (Å²) in [5.74, 6) is 0.